The Morgan fingerprint density at radius 2 is 1.57 bits per heavy atom. The van der Waals surface area contributed by atoms with E-state index in [9.17, 15) is 0 Å². The van der Waals surface area contributed by atoms with Gasteiger partial charge in [0, 0.05) is 18.8 Å². The average Bonchev–Trinajstić information content (AvgIpc) is 2.21. The van der Waals surface area contributed by atoms with Crippen LogP contribution in [0.3, 0.4) is 0 Å². The standard InChI is InChI=1S/C13H27N/c1-6-10-11-13(7-2)12(5)14(8-3)9-4/h6-11H2,1-5H3. The van der Waals surface area contributed by atoms with Gasteiger partial charge in [-0.05, 0) is 40.0 Å². The van der Waals surface area contributed by atoms with Gasteiger partial charge in [-0.15, -0.1) is 0 Å². The molecule has 0 fully saturated rings. The molecule has 0 saturated heterocycles. The summed E-state index contributed by atoms with van der Waals surface area (Å²) in [7, 11) is 0. The van der Waals surface area contributed by atoms with Gasteiger partial charge in [0.1, 0.15) is 0 Å². The molecule has 1 heteroatoms. The number of hydrogen-bond acceptors (Lipinski definition) is 1. The molecule has 84 valence electrons. The highest BCUT2D eigenvalue weighted by Gasteiger charge is 2.05. The largest absolute Gasteiger partial charge is 0.376 e. The van der Waals surface area contributed by atoms with Crippen LogP contribution in [-0.4, -0.2) is 18.0 Å². The van der Waals surface area contributed by atoms with Gasteiger partial charge >= 0.3 is 0 Å². The lowest BCUT2D eigenvalue weighted by atomic mass is 10.0. The number of rotatable bonds is 7. The molecule has 0 aliphatic rings. The fraction of sp³-hybridized carbons (Fsp3) is 0.846. The van der Waals surface area contributed by atoms with Crippen LogP contribution in [0.5, 0.6) is 0 Å². The first-order valence-corrected chi connectivity index (χ1v) is 6.14. The summed E-state index contributed by atoms with van der Waals surface area (Å²) in [5.74, 6) is 0. The monoisotopic (exact) mass is 197 g/mol. The molecule has 0 unspecified atom stereocenters. The van der Waals surface area contributed by atoms with Crippen LogP contribution < -0.4 is 0 Å². The van der Waals surface area contributed by atoms with Crippen molar-refractivity contribution < 1.29 is 0 Å². The minimum Gasteiger partial charge on any atom is -0.376 e. The molecule has 0 aromatic rings. The van der Waals surface area contributed by atoms with Crippen molar-refractivity contribution in [1.82, 2.24) is 4.90 Å². The van der Waals surface area contributed by atoms with E-state index in [1.807, 2.05) is 0 Å². The van der Waals surface area contributed by atoms with Crippen molar-refractivity contribution in [2.75, 3.05) is 13.1 Å². The lowest BCUT2D eigenvalue weighted by molar-refractivity contribution is 0.375. The first-order valence-electron chi connectivity index (χ1n) is 6.14. The summed E-state index contributed by atoms with van der Waals surface area (Å²) >= 11 is 0. The summed E-state index contributed by atoms with van der Waals surface area (Å²) in [5.41, 5.74) is 3.17. The van der Waals surface area contributed by atoms with Crippen LogP contribution in [-0.2, 0) is 0 Å². The van der Waals surface area contributed by atoms with Crippen molar-refractivity contribution in [2.45, 2.75) is 60.3 Å². The fourth-order valence-corrected chi connectivity index (χ4v) is 1.93. The Balaban J connectivity index is 4.45. The summed E-state index contributed by atoms with van der Waals surface area (Å²) in [6, 6.07) is 0. The second-order valence-corrected chi connectivity index (χ2v) is 3.82. The van der Waals surface area contributed by atoms with E-state index in [1.165, 1.54) is 31.4 Å². The first kappa shape index (κ1) is 13.5. The molecule has 0 amide bonds. The molecule has 1 nitrogen and oxygen atoms in total. The van der Waals surface area contributed by atoms with Crippen LogP contribution in [0.4, 0.5) is 0 Å². The molecular formula is C13H27N. The van der Waals surface area contributed by atoms with E-state index in [2.05, 4.69) is 39.5 Å². The number of hydrogen-bond donors (Lipinski definition) is 0. The Labute approximate surface area is 90.2 Å². The zero-order valence-electron chi connectivity index (χ0n) is 10.7. The van der Waals surface area contributed by atoms with Crippen molar-refractivity contribution in [3.05, 3.63) is 11.3 Å². The zero-order valence-corrected chi connectivity index (χ0v) is 10.7. The lowest BCUT2D eigenvalue weighted by Gasteiger charge is -2.25. The SMILES string of the molecule is CCCCC(CC)=C(C)N(CC)CC. The summed E-state index contributed by atoms with van der Waals surface area (Å²) in [6.07, 6.45) is 5.13. The highest BCUT2D eigenvalue weighted by molar-refractivity contribution is 5.10. The minimum atomic E-state index is 1.14. The third-order valence-corrected chi connectivity index (χ3v) is 3.01. The number of unbranched alkanes of at least 4 members (excludes halogenated alkanes) is 1. The summed E-state index contributed by atoms with van der Waals surface area (Å²) < 4.78 is 0. The van der Waals surface area contributed by atoms with Crippen LogP contribution in [0, 0.1) is 0 Å². The first-order chi connectivity index (χ1) is 6.71. The van der Waals surface area contributed by atoms with Gasteiger partial charge < -0.3 is 4.90 Å². The van der Waals surface area contributed by atoms with Gasteiger partial charge in [-0.25, -0.2) is 0 Å². The van der Waals surface area contributed by atoms with Crippen molar-refractivity contribution in [2.24, 2.45) is 0 Å². The maximum atomic E-state index is 2.47. The predicted octanol–water partition coefficient (Wildman–Crippen LogP) is 4.20. The third-order valence-electron chi connectivity index (χ3n) is 3.01. The molecule has 0 aliphatic carbocycles. The Kier molecular flexibility index (Phi) is 7.64. The van der Waals surface area contributed by atoms with Gasteiger partial charge in [0.15, 0.2) is 0 Å². The summed E-state index contributed by atoms with van der Waals surface area (Å²) in [6.45, 7) is 13.6. The number of nitrogens with zero attached hydrogens (tertiary/aromatic N) is 1. The average molecular weight is 197 g/mol. The number of allylic oxidation sites excluding steroid dienone is 2. The highest BCUT2D eigenvalue weighted by atomic mass is 15.1. The second-order valence-electron chi connectivity index (χ2n) is 3.82. The van der Waals surface area contributed by atoms with E-state index in [-0.39, 0.29) is 0 Å². The smallest absolute Gasteiger partial charge is 0.0146 e. The molecule has 0 aliphatic heterocycles. The van der Waals surface area contributed by atoms with Gasteiger partial charge in [-0.3, -0.25) is 0 Å². The molecule has 0 heterocycles. The maximum absolute atomic E-state index is 2.47. The van der Waals surface area contributed by atoms with Crippen LogP contribution in [0.2, 0.25) is 0 Å². The highest BCUT2D eigenvalue weighted by Crippen LogP contribution is 2.18. The Morgan fingerprint density at radius 3 is 1.93 bits per heavy atom. The molecule has 0 rings (SSSR count). The predicted molar refractivity (Wildman–Crippen MR) is 65.4 cm³/mol. The second kappa shape index (κ2) is 7.90. The molecule has 0 atom stereocenters. The Bertz CT molecular complexity index is 166. The molecule has 14 heavy (non-hydrogen) atoms. The normalized spacial score (nSPS) is 12.6. The lowest BCUT2D eigenvalue weighted by Crippen LogP contribution is -2.22. The third kappa shape index (κ3) is 4.17. The van der Waals surface area contributed by atoms with E-state index >= 15 is 0 Å². The van der Waals surface area contributed by atoms with Gasteiger partial charge in [0.25, 0.3) is 0 Å². The van der Waals surface area contributed by atoms with E-state index in [0.29, 0.717) is 0 Å². The summed E-state index contributed by atoms with van der Waals surface area (Å²) in [5, 5.41) is 0. The molecule has 0 bridgehead atoms. The van der Waals surface area contributed by atoms with Crippen LogP contribution in [0.1, 0.15) is 60.3 Å². The van der Waals surface area contributed by atoms with Crippen LogP contribution in [0.25, 0.3) is 0 Å². The van der Waals surface area contributed by atoms with E-state index in [1.54, 1.807) is 5.57 Å². The molecular weight excluding hydrogens is 170 g/mol. The van der Waals surface area contributed by atoms with Crippen molar-refractivity contribution in [3.63, 3.8) is 0 Å². The van der Waals surface area contributed by atoms with Gasteiger partial charge in [-0.1, -0.05) is 25.8 Å². The van der Waals surface area contributed by atoms with E-state index in [0.717, 1.165) is 13.1 Å². The van der Waals surface area contributed by atoms with Gasteiger partial charge in [0.05, 0.1) is 0 Å². The van der Waals surface area contributed by atoms with Crippen molar-refractivity contribution >= 4 is 0 Å². The van der Waals surface area contributed by atoms with Crippen molar-refractivity contribution in [1.29, 1.82) is 0 Å². The molecule has 0 N–H and O–H groups in total. The maximum Gasteiger partial charge on any atom is 0.0146 e. The minimum absolute atomic E-state index is 1.14. The zero-order chi connectivity index (χ0) is 11.0. The van der Waals surface area contributed by atoms with Crippen LogP contribution in [0.15, 0.2) is 11.3 Å². The van der Waals surface area contributed by atoms with E-state index < -0.39 is 0 Å². The van der Waals surface area contributed by atoms with Gasteiger partial charge in [-0.2, -0.15) is 0 Å². The van der Waals surface area contributed by atoms with Gasteiger partial charge in [0.2, 0.25) is 0 Å². The summed E-state index contributed by atoms with van der Waals surface area (Å²) in [4.78, 5) is 2.47. The van der Waals surface area contributed by atoms with E-state index in [4.69, 9.17) is 0 Å². The molecule has 0 aromatic carbocycles. The van der Waals surface area contributed by atoms with Crippen molar-refractivity contribution in [3.8, 4) is 0 Å². The fourth-order valence-electron chi connectivity index (χ4n) is 1.93. The molecule has 0 saturated carbocycles. The quantitative estimate of drug-likeness (QED) is 0.591. The molecule has 0 radical (unpaired) electrons. The molecule has 0 aromatic heterocycles. The van der Waals surface area contributed by atoms with Crippen LogP contribution >= 0.6 is 0 Å². The Morgan fingerprint density at radius 1 is 1.00 bits per heavy atom. The Hall–Kier alpha value is -0.460. The molecule has 0 spiro atoms. The topological polar surface area (TPSA) is 3.24 Å².